The van der Waals surface area contributed by atoms with Crippen molar-refractivity contribution in [2.75, 3.05) is 6.54 Å². The molecule has 130 valence electrons. The number of amides is 1. The minimum Gasteiger partial charge on any atom is -0.444 e. The van der Waals surface area contributed by atoms with Crippen molar-refractivity contribution in [3.8, 4) is 0 Å². The van der Waals surface area contributed by atoms with Crippen molar-refractivity contribution in [3.05, 3.63) is 34.9 Å². The number of ether oxygens (including phenoxy) is 1. The van der Waals surface area contributed by atoms with Gasteiger partial charge < -0.3 is 20.9 Å². The van der Waals surface area contributed by atoms with Gasteiger partial charge in [0, 0.05) is 13.1 Å². The van der Waals surface area contributed by atoms with Crippen LogP contribution in [0.25, 0.3) is 0 Å². The monoisotopic (exact) mass is 322 g/mol. The average molecular weight is 322 g/mol. The molecule has 0 spiro atoms. The first-order valence-corrected chi connectivity index (χ1v) is 8.20. The molecule has 0 aliphatic carbocycles. The molecule has 0 unspecified atom stereocenters. The van der Waals surface area contributed by atoms with Crippen molar-refractivity contribution in [2.24, 2.45) is 5.73 Å². The normalized spacial score (nSPS) is 12.8. The van der Waals surface area contributed by atoms with Gasteiger partial charge in [0.2, 0.25) is 0 Å². The van der Waals surface area contributed by atoms with Crippen LogP contribution in [-0.2, 0) is 24.1 Å². The molecule has 1 atom stereocenters. The molecular formula is C18H30N2O3. The van der Waals surface area contributed by atoms with E-state index in [4.69, 9.17) is 10.5 Å². The Hall–Kier alpha value is -1.59. The zero-order chi connectivity index (χ0) is 17.5. The molecular weight excluding hydrogens is 292 g/mol. The lowest BCUT2D eigenvalue weighted by molar-refractivity contribution is 0.0523. The van der Waals surface area contributed by atoms with Gasteiger partial charge in [-0.3, -0.25) is 0 Å². The zero-order valence-electron chi connectivity index (χ0n) is 14.7. The molecule has 0 radical (unpaired) electrons. The van der Waals surface area contributed by atoms with Crippen molar-refractivity contribution in [3.63, 3.8) is 0 Å². The highest BCUT2D eigenvalue weighted by Crippen LogP contribution is 2.16. The van der Waals surface area contributed by atoms with Gasteiger partial charge in [0.05, 0.1) is 6.10 Å². The number of carbonyl (C=O) groups is 1. The molecule has 5 heteroatoms. The molecule has 0 saturated heterocycles. The van der Waals surface area contributed by atoms with Crippen LogP contribution in [0.5, 0.6) is 0 Å². The van der Waals surface area contributed by atoms with Crippen LogP contribution in [-0.4, -0.2) is 29.4 Å². The van der Waals surface area contributed by atoms with Gasteiger partial charge >= 0.3 is 6.09 Å². The summed E-state index contributed by atoms with van der Waals surface area (Å²) >= 11 is 0. The fraction of sp³-hybridized carbons (Fsp3) is 0.611. The molecule has 1 aromatic carbocycles. The van der Waals surface area contributed by atoms with E-state index in [0.717, 1.165) is 24.0 Å². The van der Waals surface area contributed by atoms with E-state index in [9.17, 15) is 9.90 Å². The van der Waals surface area contributed by atoms with E-state index in [-0.39, 0.29) is 6.54 Å². The smallest absolute Gasteiger partial charge is 0.407 e. The fourth-order valence-electron chi connectivity index (χ4n) is 2.23. The number of aryl methyl sites for hydroxylation is 2. The third-order valence-corrected chi connectivity index (χ3v) is 3.52. The summed E-state index contributed by atoms with van der Waals surface area (Å²) in [7, 11) is 0. The highest BCUT2D eigenvalue weighted by atomic mass is 16.6. The Morgan fingerprint density at radius 1 is 1.35 bits per heavy atom. The van der Waals surface area contributed by atoms with Gasteiger partial charge in [-0.25, -0.2) is 4.79 Å². The number of nitrogens with two attached hydrogens (primary N) is 1. The van der Waals surface area contributed by atoms with Gasteiger partial charge in [-0.2, -0.15) is 0 Å². The van der Waals surface area contributed by atoms with Crippen LogP contribution in [0.1, 0.15) is 50.8 Å². The van der Waals surface area contributed by atoms with Crippen molar-refractivity contribution >= 4 is 6.09 Å². The minimum absolute atomic E-state index is 0.262. The molecule has 1 rings (SSSR count). The largest absolute Gasteiger partial charge is 0.444 e. The number of aliphatic hydroxyl groups excluding tert-OH is 1. The van der Waals surface area contributed by atoms with E-state index in [1.807, 2.05) is 20.8 Å². The van der Waals surface area contributed by atoms with Crippen LogP contribution < -0.4 is 11.1 Å². The third-order valence-electron chi connectivity index (χ3n) is 3.52. The van der Waals surface area contributed by atoms with Crippen LogP contribution in [0.4, 0.5) is 4.79 Å². The molecule has 0 fully saturated rings. The molecule has 0 heterocycles. The topological polar surface area (TPSA) is 84.6 Å². The maximum absolute atomic E-state index is 11.8. The Kier molecular flexibility index (Phi) is 7.52. The van der Waals surface area contributed by atoms with Gasteiger partial charge in [0.25, 0.3) is 0 Å². The standard InChI is InChI=1S/C18H30N2O3/c1-5-13-6-7-14(8-9-16(21)11-19)15(10-13)12-20-17(22)23-18(2,3)4/h6-7,10,16,21H,5,8-9,11-12,19H2,1-4H3,(H,20,22)/t16-/m0/s1. The van der Waals surface area contributed by atoms with E-state index in [0.29, 0.717) is 13.0 Å². The maximum Gasteiger partial charge on any atom is 0.407 e. The summed E-state index contributed by atoms with van der Waals surface area (Å²) < 4.78 is 5.26. The highest BCUT2D eigenvalue weighted by Gasteiger charge is 2.16. The lowest BCUT2D eigenvalue weighted by Crippen LogP contribution is -2.32. The number of rotatable bonds is 7. The Morgan fingerprint density at radius 3 is 2.61 bits per heavy atom. The Labute approximate surface area is 139 Å². The molecule has 0 saturated carbocycles. The summed E-state index contributed by atoms with van der Waals surface area (Å²) in [4.78, 5) is 11.8. The lowest BCUT2D eigenvalue weighted by atomic mass is 9.97. The third kappa shape index (κ3) is 7.48. The predicted molar refractivity (Wildman–Crippen MR) is 92.3 cm³/mol. The first-order valence-electron chi connectivity index (χ1n) is 8.20. The van der Waals surface area contributed by atoms with Crippen LogP contribution in [0.3, 0.4) is 0 Å². The Bertz CT molecular complexity index is 509. The quantitative estimate of drug-likeness (QED) is 0.720. The average Bonchev–Trinajstić information content (AvgIpc) is 2.49. The van der Waals surface area contributed by atoms with Gasteiger partial charge in [0.1, 0.15) is 5.60 Å². The first-order chi connectivity index (χ1) is 10.7. The SMILES string of the molecule is CCc1ccc(CC[C@H](O)CN)c(CNC(=O)OC(C)(C)C)c1. The van der Waals surface area contributed by atoms with E-state index in [1.165, 1.54) is 5.56 Å². The second-order valence-corrected chi connectivity index (χ2v) is 6.74. The summed E-state index contributed by atoms with van der Waals surface area (Å²) in [5.41, 5.74) is 8.33. The summed E-state index contributed by atoms with van der Waals surface area (Å²) in [5.74, 6) is 0. The molecule has 1 aromatic rings. The van der Waals surface area contributed by atoms with Crippen LogP contribution in [0.15, 0.2) is 18.2 Å². The number of hydrogen-bond acceptors (Lipinski definition) is 4. The number of benzene rings is 1. The van der Waals surface area contributed by atoms with Crippen molar-refractivity contribution < 1.29 is 14.6 Å². The number of hydrogen-bond donors (Lipinski definition) is 3. The molecule has 1 amide bonds. The highest BCUT2D eigenvalue weighted by molar-refractivity contribution is 5.67. The Balaban J connectivity index is 2.75. The second-order valence-electron chi connectivity index (χ2n) is 6.74. The van der Waals surface area contributed by atoms with Crippen LogP contribution in [0, 0.1) is 0 Å². The molecule has 0 aliphatic rings. The summed E-state index contributed by atoms with van der Waals surface area (Å²) in [5, 5.41) is 12.4. The number of alkyl carbamates (subject to hydrolysis) is 1. The number of nitrogens with one attached hydrogen (secondary N) is 1. The van der Waals surface area contributed by atoms with E-state index in [1.54, 1.807) is 0 Å². The molecule has 0 aromatic heterocycles. The summed E-state index contributed by atoms with van der Waals surface area (Å²) in [6.07, 6.45) is 1.36. The molecule has 5 nitrogen and oxygen atoms in total. The van der Waals surface area contributed by atoms with Crippen LogP contribution in [0.2, 0.25) is 0 Å². The zero-order valence-corrected chi connectivity index (χ0v) is 14.7. The van der Waals surface area contributed by atoms with Gasteiger partial charge in [-0.15, -0.1) is 0 Å². The minimum atomic E-state index is -0.511. The van der Waals surface area contributed by atoms with Crippen molar-refractivity contribution in [2.45, 2.75) is 65.2 Å². The number of carbonyl (C=O) groups excluding carboxylic acids is 1. The maximum atomic E-state index is 11.8. The van der Waals surface area contributed by atoms with Crippen molar-refractivity contribution in [1.29, 1.82) is 0 Å². The van der Waals surface area contributed by atoms with Crippen LogP contribution >= 0.6 is 0 Å². The molecule has 23 heavy (non-hydrogen) atoms. The van der Waals surface area contributed by atoms with Gasteiger partial charge in [-0.05, 0) is 56.7 Å². The lowest BCUT2D eigenvalue weighted by Gasteiger charge is -2.20. The van der Waals surface area contributed by atoms with E-state index >= 15 is 0 Å². The fourth-order valence-corrected chi connectivity index (χ4v) is 2.23. The Morgan fingerprint density at radius 2 is 2.04 bits per heavy atom. The predicted octanol–water partition coefficient (Wildman–Crippen LogP) is 2.53. The van der Waals surface area contributed by atoms with Crippen molar-refractivity contribution in [1.82, 2.24) is 5.32 Å². The van der Waals surface area contributed by atoms with E-state index in [2.05, 4.69) is 30.4 Å². The first kappa shape index (κ1) is 19.5. The molecule has 0 bridgehead atoms. The summed E-state index contributed by atoms with van der Waals surface area (Å²) in [6.45, 7) is 8.28. The van der Waals surface area contributed by atoms with Gasteiger partial charge in [-0.1, -0.05) is 25.1 Å². The second kappa shape index (κ2) is 8.89. The van der Waals surface area contributed by atoms with Gasteiger partial charge in [0.15, 0.2) is 0 Å². The number of aliphatic hydroxyl groups is 1. The summed E-state index contributed by atoms with van der Waals surface area (Å²) in [6, 6.07) is 6.25. The molecule has 4 N–H and O–H groups in total. The molecule has 0 aliphatic heterocycles. The van der Waals surface area contributed by atoms with E-state index < -0.39 is 17.8 Å².